The van der Waals surface area contributed by atoms with Crippen LogP contribution in [0.2, 0.25) is 0 Å². The molecular formula is C20H18F3N3O3. The van der Waals surface area contributed by atoms with Gasteiger partial charge in [-0.1, -0.05) is 6.07 Å². The van der Waals surface area contributed by atoms with E-state index in [2.05, 4.69) is 10.1 Å². The van der Waals surface area contributed by atoms with Crippen molar-refractivity contribution in [2.45, 2.75) is 25.1 Å². The van der Waals surface area contributed by atoms with Crippen LogP contribution < -0.4 is 4.74 Å². The molecule has 0 radical (unpaired) electrons. The molecule has 29 heavy (non-hydrogen) atoms. The molecule has 0 spiro atoms. The summed E-state index contributed by atoms with van der Waals surface area (Å²) in [6.45, 7) is 1.28. The highest BCUT2D eigenvalue weighted by Gasteiger charge is 2.33. The molecule has 1 fully saturated rings. The summed E-state index contributed by atoms with van der Waals surface area (Å²) in [7, 11) is 1.47. The Morgan fingerprint density at radius 2 is 2.17 bits per heavy atom. The van der Waals surface area contributed by atoms with Crippen LogP contribution in [0, 0.1) is 0 Å². The van der Waals surface area contributed by atoms with Crippen LogP contribution in [0.4, 0.5) is 13.2 Å². The van der Waals surface area contributed by atoms with E-state index in [1.54, 1.807) is 12.1 Å². The predicted molar refractivity (Wildman–Crippen MR) is 98.0 cm³/mol. The molecule has 6 nitrogen and oxygen atoms in total. The molecule has 1 atom stereocenters. The van der Waals surface area contributed by atoms with Gasteiger partial charge in [-0.3, -0.25) is 9.48 Å². The topological polar surface area (TPSA) is 66.2 Å². The number of hydrogen-bond donors (Lipinski definition) is 0. The third-order valence-electron chi connectivity index (χ3n) is 4.88. The van der Waals surface area contributed by atoms with Gasteiger partial charge in [0.2, 0.25) is 0 Å². The zero-order valence-corrected chi connectivity index (χ0v) is 15.6. The van der Waals surface area contributed by atoms with Crippen LogP contribution in [0.25, 0.3) is 10.9 Å². The number of carbonyl (C=O) groups is 1. The van der Waals surface area contributed by atoms with Crippen LogP contribution in [-0.2, 0) is 17.3 Å². The second kappa shape index (κ2) is 7.47. The van der Waals surface area contributed by atoms with Gasteiger partial charge in [0.15, 0.2) is 5.78 Å². The summed E-state index contributed by atoms with van der Waals surface area (Å²) >= 11 is 0. The van der Waals surface area contributed by atoms with Gasteiger partial charge >= 0.3 is 6.18 Å². The van der Waals surface area contributed by atoms with Crippen LogP contribution in [-0.4, -0.2) is 40.9 Å². The lowest BCUT2D eigenvalue weighted by Gasteiger charge is -2.09. The lowest BCUT2D eigenvalue weighted by Crippen LogP contribution is -2.13. The third kappa shape index (κ3) is 3.95. The van der Waals surface area contributed by atoms with Gasteiger partial charge in [-0.05, 0) is 24.6 Å². The fourth-order valence-corrected chi connectivity index (χ4v) is 3.38. The van der Waals surface area contributed by atoms with Crippen molar-refractivity contribution in [3.63, 3.8) is 0 Å². The zero-order chi connectivity index (χ0) is 20.6. The van der Waals surface area contributed by atoms with E-state index in [4.69, 9.17) is 9.47 Å². The van der Waals surface area contributed by atoms with Gasteiger partial charge in [-0.25, -0.2) is 4.98 Å². The minimum atomic E-state index is -4.61. The molecule has 2 aromatic heterocycles. The Kier molecular flexibility index (Phi) is 4.99. The predicted octanol–water partition coefficient (Wildman–Crippen LogP) is 3.85. The Balaban J connectivity index is 1.63. The van der Waals surface area contributed by atoms with E-state index in [1.807, 2.05) is 10.9 Å². The SMILES string of the molecule is COc1cc2nn(C3CCOC3)cc2cc1CC(=O)c1cccc(C(F)(F)F)n1. The number of pyridine rings is 1. The number of fused-ring (bicyclic) bond motifs is 1. The van der Waals surface area contributed by atoms with Gasteiger partial charge in [0.1, 0.15) is 17.1 Å². The third-order valence-corrected chi connectivity index (χ3v) is 4.88. The number of carbonyl (C=O) groups excluding carboxylic acids is 1. The molecule has 9 heteroatoms. The summed E-state index contributed by atoms with van der Waals surface area (Å²) in [5.74, 6) is -0.0731. The van der Waals surface area contributed by atoms with Crippen molar-refractivity contribution in [2.75, 3.05) is 20.3 Å². The minimum Gasteiger partial charge on any atom is -0.496 e. The normalized spacial score (nSPS) is 17.0. The summed E-state index contributed by atoms with van der Waals surface area (Å²) in [5.41, 5.74) is -0.0554. The van der Waals surface area contributed by atoms with Gasteiger partial charge in [0.25, 0.3) is 0 Å². The van der Waals surface area contributed by atoms with Crippen LogP contribution in [0.3, 0.4) is 0 Å². The monoisotopic (exact) mass is 405 g/mol. The van der Waals surface area contributed by atoms with E-state index in [1.165, 1.54) is 19.2 Å². The summed E-state index contributed by atoms with van der Waals surface area (Å²) in [6.07, 6.45) is -1.99. The van der Waals surface area contributed by atoms with Crippen molar-refractivity contribution in [3.05, 3.63) is 53.5 Å². The number of methoxy groups -OCH3 is 1. The van der Waals surface area contributed by atoms with Crippen molar-refractivity contribution in [1.82, 2.24) is 14.8 Å². The maximum absolute atomic E-state index is 12.9. The molecule has 4 rings (SSSR count). The molecule has 1 aromatic carbocycles. The average molecular weight is 405 g/mol. The molecule has 1 saturated heterocycles. The first-order valence-electron chi connectivity index (χ1n) is 9.06. The summed E-state index contributed by atoms with van der Waals surface area (Å²) < 4.78 is 51.2. The van der Waals surface area contributed by atoms with Crippen LogP contribution in [0.15, 0.2) is 36.5 Å². The van der Waals surface area contributed by atoms with Gasteiger partial charge < -0.3 is 9.47 Å². The first kappa shape index (κ1) is 19.4. The Hall–Kier alpha value is -2.94. The maximum Gasteiger partial charge on any atom is 0.433 e. The number of alkyl halides is 3. The number of aromatic nitrogens is 3. The van der Waals surface area contributed by atoms with E-state index in [-0.39, 0.29) is 18.2 Å². The summed E-state index contributed by atoms with van der Waals surface area (Å²) in [5, 5.41) is 5.37. The smallest absolute Gasteiger partial charge is 0.433 e. The number of benzene rings is 1. The number of ether oxygens (including phenoxy) is 2. The first-order valence-corrected chi connectivity index (χ1v) is 9.06. The van der Waals surface area contributed by atoms with E-state index < -0.39 is 17.7 Å². The number of rotatable bonds is 5. The van der Waals surface area contributed by atoms with Gasteiger partial charge in [0.05, 0.1) is 25.3 Å². The molecule has 152 valence electrons. The van der Waals surface area contributed by atoms with Crippen LogP contribution in [0.5, 0.6) is 5.75 Å². The highest BCUT2D eigenvalue weighted by Crippen LogP contribution is 2.30. The average Bonchev–Trinajstić information content (AvgIpc) is 3.36. The van der Waals surface area contributed by atoms with E-state index in [0.29, 0.717) is 30.0 Å². The molecule has 1 aliphatic heterocycles. The summed E-state index contributed by atoms with van der Waals surface area (Å²) in [4.78, 5) is 16.1. The Bertz CT molecular complexity index is 1060. The molecule has 0 saturated carbocycles. The highest BCUT2D eigenvalue weighted by atomic mass is 19.4. The minimum absolute atomic E-state index is 0.134. The number of ketones is 1. The highest BCUT2D eigenvalue weighted by molar-refractivity contribution is 5.97. The number of halogens is 3. The fourth-order valence-electron chi connectivity index (χ4n) is 3.38. The van der Waals surface area contributed by atoms with Crippen molar-refractivity contribution >= 4 is 16.7 Å². The molecule has 0 N–H and O–H groups in total. The van der Waals surface area contributed by atoms with Gasteiger partial charge in [0, 0.05) is 36.2 Å². The Morgan fingerprint density at radius 1 is 1.34 bits per heavy atom. The largest absolute Gasteiger partial charge is 0.496 e. The zero-order valence-electron chi connectivity index (χ0n) is 15.6. The lowest BCUT2D eigenvalue weighted by atomic mass is 10.0. The lowest BCUT2D eigenvalue weighted by molar-refractivity contribution is -0.141. The van der Waals surface area contributed by atoms with Crippen molar-refractivity contribution in [1.29, 1.82) is 0 Å². The molecule has 3 heterocycles. The molecule has 1 aliphatic rings. The first-order chi connectivity index (χ1) is 13.8. The second-order valence-electron chi connectivity index (χ2n) is 6.86. The molecular weight excluding hydrogens is 387 g/mol. The van der Waals surface area contributed by atoms with Crippen molar-refractivity contribution in [3.8, 4) is 5.75 Å². The van der Waals surface area contributed by atoms with E-state index in [9.17, 15) is 18.0 Å². The van der Waals surface area contributed by atoms with E-state index >= 15 is 0 Å². The molecule has 0 bridgehead atoms. The maximum atomic E-state index is 12.9. The van der Waals surface area contributed by atoms with Crippen molar-refractivity contribution < 1.29 is 27.4 Å². The standard InChI is InChI=1S/C20H18F3N3O3/c1-28-18-9-16-13(10-26(25-16)14-5-6-29-11-14)7-12(18)8-17(27)15-3-2-4-19(24-15)20(21,22)23/h2-4,7,9-10,14H,5-6,8,11H2,1H3. The van der Waals surface area contributed by atoms with Gasteiger partial charge in [-0.15, -0.1) is 0 Å². The Labute approximate surface area is 164 Å². The van der Waals surface area contributed by atoms with Crippen molar-refractivity contribution in [2.24, 2.45) is 0 Å². The van der Waals surface area contributed by atoms with Crippen LogP contribution in [0.1, 0.15) is 34.2 Å². The molecule has 1 unspecified atom stereocenters. The van der Waals surface area contributed by atoms with Gasteiger partial charge in [-0.2, -0.15) is 18.3 Å². The van der Waals surface area contributed by atoms with Crippen LogP contribution >= 0.6 is 0 Å². The summed E-state index contributed by atoms with van der Waals surface area (Å²) in [6, 6.07) is 6.96. The molecule has 0 aliphatic carbocycles. The number of hydrogen-bond acceptors (Lipinski definition) is 5. The van der Waals surface area contributed by atoms with E-state index in [0.717, 1.165) is 17.9 Å². The quantitative estimate of drug-likeness (QED) is 0.604. The number of nitrogens with zero attached hydrogens (tertiary/aromatic N) is 3. The Morgan fingerprint density at radius 3 is 2.86 bits per heavy atom. The second-order valence-corrected chi connectivity index (χ2v) is 6.86. The number of Topliss-reactive ketones (excluding diaryl/α,β-unsaturated/α-hetero) is 1. The molecule has 0 amide bonds. The molecule has 3 aromatic rings. The fraction of sp³-hybridized carbons (Fsp3) is 0.350.